The summed E-state index contributed by atoms with van der Waals surface area (Å²) >= 11 is 0. The first kappa shape index (κ1) is 78.3. The van der Waals surface area contributed by atoms with E-state index in [1.54, 1.807) is 7.11 Å². The average Bonchev–Trinajstić information content (AvgIpc) is 2.73. The summed E-state index contributed by atoms with van der Waals surface area (Å²) in [5, 5.41) is 12.5. The van der Waals surface area contributed by atoms with Crippen molar-refractivity contribution >= 4 is 47.1 Å². The molecule has 0 amide bonds. The summed E-state index contributed by atoms with van der Waals surface area (Å²) in [6.07, 6.45) is 3.97. The Labute approximate surface area is 520 Å². The van der Waals surface area contributed by atoms with Crippen LogP contribution in [0.1, 0.15) is 165 Å². The van der Waals surface area contributed by atoms with Gasteiger partial charge >= 0.3 is 0 Å². The zero-order valence-electron chi connectivity index (χ0n) is 57.5. The van der Waals surface area contributed by atoms with E-state index in [9.17, 15) is 9.90 Å². The number of ketones is 1. The van der Waals surface area contributed by atoms with E-state index in [4.69, 9.17) is 41.4 Å². The van der Waals surface area contributed by atoms with E-state index in [2.05, 4.69) is 172 Å². The Morgan fingerprint density at radius 3 is 1.67 bits per heavy atom. The predicted octanol–water partition coefficient (Wildman–Crippen LogP) is 18.2. The van der Waals surface area contributed by atoms with Crippen LogP contribution in [0.3, 0.4) is 0 Å². The SMILES string of the molecule is CC[Si](CC)(CC)O[C@H]([C@H](OCOCC[Si](C)(C)C)[C@H](C)CC(O)C[C@@H](CCCC(=O)CCC#CCC[C@@H](CCOCc1ccc(OC)cc1)O[Si](C)(C)C(C)(C)C)O[Si](C)(C)C(C)(C)C)[C@H](COCc1ccccc1)O[Si](CC)(CC)CC. The van der Waals surface area contributed by atoms with Crippen LogP contribution in [-0.2, 0) is 54.7 Å². The summed E-state index contributed by atoms with van der Waals surface area (Å²) in [4.78, 5) is 13.5. The molecule has 0 heterocycles. The van der Waals surface area contributed by atoms with Crippen molar-refractivity contribution in [1.82, 2.24) is 0 Å². The van der Waals surface area contributed by atoms with Gasteiger partial charge in [-0.1, -0.05) is 152 Å². The summed E-state index contributed by atoms with van der Waals surface area (Å²) in [5.41, 5.74) is 2.23. The van der Waals surface area contributed by atoms with Gasteiger partial charge in [-0.05, 0) is 146 Å². The maximum absolute atomic E-state index is 13.5. The number of carbonyl (C=O) groups is 1. The molecule has 2 aromatic carbocycles. The van der Waals surface area contributed by atoms with Crippen molar-refractivity contribution in [2.75, 3.05) is 33.7 Å². The highest BCUT2D eigenvalue weighted by Crippen LogP contribution is 2.41. The molecule has 1 N–H and O–H groups in total. The zero-order chi connectivity index (χ0) is 63.3. The Balaban J connectivity index is 2.35. The first-order chi connectivity index (χ1) is 39.4. The minimum atomic E-state index is -2.28. The highest BCUT2D eigenvalue weighted by molar-refractivity contribution is 6.76. The quantitative estimate of drug-likeness (QED) is 0.0295. The molecule has 0 radical (unpaired) electrons. The summed E-state index contributed by atoms with van der Waals surface area (Å²) < 4.78 is 60.8. The fraction of sp³-hybridized carbons (Fsp3) is 0.779. The molecule has 16 heteroatoms. The lowest BCUT2D eigenvalue weighted by Gasteiger charge is -2.45. The average molecular weight is 1260 g/mol. The van der Waals surface area contributed by atoms with Crippen LogP contribution in [0, 0.1) is 17.8 Å². The Bertz CT molecular complexity index is 2110. The van der Waals surface area contributed by atoms with Crippen LogP contribution < -0.4 is 4.74 Å². The molecule has 7 atom stereocenters. The lowest BCUT2D eigenvalue weighted by molar-refractivity contribution is -0.164. The minimum absolute atomic E-state index is 0.0285. The molecular formula is C68H126O11Si5. The molecule has 2 aromatic rings. The number of aliphatic hydroxyl groups is 1. The smallest absolute Gasteiger partial charge is 0.192 e. The van der Waals surface area contributed by atoms with Crippen LogP contribution in [0.25, 0.3) is 0 Å². The normalized spacial score (nSPS) is 15.6. The van der Waals surface area contributed by atoms with Gasteiger partial charge in [-0.15, -0.1) is 11.8 Å². The van der Waals surface area contributed by atoms with Gasteiger partial charge in [0, 0.05) is 59.2 Å². The van der Waals surface area contributed by atoms with Crippen LogP contribution in [0.15, 0.2) is 54.6 Å². The number of aliphatic hydroxyl groups excluding tert-OH is 1. The van der Waals surface area contributed by atoms with Gasteiger partial charge in [0.1, 0.15) is 18.3 Å². The number of methoxy groups -OCH3 is 1. The topological polar surface area (TPSA) is 120 Å². The number of hydrogen-bond donors (Lipinski definition) is 1. The predicted molar refractivity (Wildman–Crippen MR) is 365 cm³/mol. The third-order valence-electron chi connectivity index (χ3n) is 18.6. The molecule has 0 bridgehead atoms. The fourth-order valence-corrected chi connectivity index (χ4v) is 19.5. The van der Waals surface area contributed by atoms with E-state index in [0.717, 1.165) is 72.0 Å². The van der Waals surface area contributed by atoms with Crippen LogP contribution in [0.2, 0.25) is 98.2 Å². The first-order valence-electron chi connectivity index (χ1n) is 32.8. The molecule has 11 nitrogen and oxygen atoms in total. The highest BCUT2D eigenvalue weighted by atomic mass is 28.4. The lowest BCUT2D eigenvalue weighted by Crippen LogP contribution is -2.57. The Morgan fingerprint density at radius 1 is 0.583 bits per heavy atom. The Hall–Kier alpha value is -1.81. The second kappa shape index (κ2) is 38.7. The van der Waals surface area contributed by atoms with Crippen LogP contribution in [0.4, 0.5) is 0 Å². The number of rotatable bonds is 45. The van der Waals surface area contributed by atoms with Crippen LogP contribution >= 0.6 is 0 Å². The third-order valence-corrected chi connectivity index (χ3v) is 38.7. The second-order valence-corrected chi connectivity index (χ2v) is 52.9. The molecule has 0 aliphatic heterocycles. The molecule has 1 unspecified atom stereocenters. The largest absolute Gasteiger partial charge is 0.497 e. The van der Waals surface area contributed by atoms with Crippen LogP contribution in [0.5, 0.6) is 5.75 Å². The number of ether oxygens (including phenoxy) is 5. The lowest BCUT2D eigenvalue weighted by atomic mass is 9.89. The highest BCUT2D eigenvalue weighted by Gasteiger charge is 2.46. The molecule has 0 aromatic heterocycles. The van der Waals surface area contributed by atoms with Crippen LogP contribution in [-0.4, -0.2) is 123 Å². The maximum atomic E-state index is 13.5. The molecule has 84 heavy (non-hydrogen) atoms. The van der Waals surface area contributed by atoms with E-state index in [-0.39, 0.29) is 46.9 Å². The number of hydrogen-bond acceptors (Lipinski definition) is 11. The molecule has 484 valence electrons. The summed E-state index contributed by atoms with van der Waals surface area (Å²) in [6, 6.07) is 25.3. The third kappa shape index (κ3) is 29.2. The molecule has 2 rings (SSSR count). The molecular weight excluding hydrogens is 1130 g/mol. The van der Waals surface area contributed by atoms with Crippen molar-refractivity contribution < 1.29 is 51.3 Å². The van der Waals surface area contributed by atoms with Gasteiger partial charge in [-0.25, -0.2) is 0 Å². The standard InChI is InChI=1S/C68H126O11Si5/c1-22-83(23-2,24-3)78-64(54-74-53-57-36-31-30-32-37-57)66(79-84(25-4,26-5)27-6)65(75-55-73-48-49-80(15,16)17)56(7)50-60(70)51-63(77-82(20,21)68(11,12)13)41-35-39-59(69)38-33-28-29-34-40-62(76-81(18,19)67(8,9)10)46-47-72-52-58-42-44-61(71-14)45-43-58/h30-32,36-37,42-45,56,60,62-66,70H,22-27,33-35,38-41,46-55H2,1-21H3/t56-,60?,62+,63-,64+,65-,66+/m1/s1. The summed E-state index contributed by atoms with van der Waals surface area (Å²) in [5.74, 6) is 7.60. The van der Waals surface area contributed by atoms with Gasteiger partial charge in [0.2, 0.25) is 0 Å². The molecule has 0 spiro atoms. The van der Waals surface area contributed by atoms with Gasteiger partial charge in [0.15, 0.2) is 33.3 Å². The second-order valence-electron chi connectivity index (χ2n) is 28.3. The van der Waals surface area contributed by atoms with Crippen molar-refractivity contribution in [3.63, 3.8) is 0 Å². The number of Topliss-reactive ketones (excluding diaryl/α,β-unsaturated/α-hetero) is 1. The number of benzene rings is 2. The van der Waals surface area contributed by atoms with Gasteiger partial charge in [-0.2, -0.15) is 0 Å². The minimum Gasteiger partial charge on any atom is -0.497 e. The summed E-state index contributed by atoms with van der Waals surface area (Å²) in [7, 11) is -8.44. The fourth-order valence-electron chi connectivity index (χ4n) is 10.2. The van der Waals surface area contributed by atoms with Crippen molar-refractivity contribution in [2.45, 2.75) is 302 Å². The monoisotopic (exact) mass is 1260 g/mol. The molecule has 0 aliphatic carbocycles. The van der Waals surface area contributed by atoms with E-state index >= 15 is 0 Å². The Kier molecular flexibility index (Phi) is 36.0. The van der Waals surface area contributed by atoms with Crippen molar-refractivity contribution in [2.24, 2.45) is 5.92 Å². The molecule has 0 fully saturated rings. The summed E-state index contributed by atoms with van der Waals surface area (Å²) in [6.45, 7) is 48.5. The van der Waals surface area contributed by atoms with E-state index < -0.39 is 59.7 Å². The van der Waals surface area contributed by atoms with Crippen molar-refractivity contribution in [3.8, 4) is 17.6 Å². The number of carbonyl (C=O) groups excluding carboxylic acids is 1. The van der Waals surface area contributed by atoms with Gasteiger partial charge < -0.3 is 46.5 Å². The molecule has 0 saturated carbocycles. The van der Waals surface area contributed by atoms with Crippen molar-refractivity contribution in [1.29, 1.82) is 0 Å². The van der Waals surface area contributed by atoms with E-state index in [1.807, 2.05) is 30.3 Å². The van der Waals surface area contributed by atoms with E-state index in [1.165, 1.54) is 0 Å². The zero-order valence-corrected chi connectivity index (χ0v) is 62.5. The van der Waals surface area contributed by atoms with Crippen molar-refractivity contribution in [3.05, 3.63) is 65.7 Å². The van der Waals surface area contributed by atoms with Gasteiger partial charge in [-0.3, -0.25) is 4.79 Å². The maximum Gasteiger partial charge on any atom is 0.192 e. The Morgan fingerprint density at radius 2 is 1.12 bits per heavy atom. The molecule has 0 aliphatic rings. The van der Waals surface area contributed by atoms with Gasteiger partial charge in [0.05, 0.1) is 51.3 Å². The molecule has 0 saturated heterocycles. The van der Waals surface area contributed by atoms with E-state index in [0.29, 0.717) is 84.4 Å². The van der Waals surface area contributed by atoms with Gasteiger partial charge in [0.25, 0.3) is 0 Å². The first-order valence-corrected chi connectivity index (χ1v) is 47.3.